The number of rotatable bonds is 3. The van der Waals surface area contributed by atoms with Gasteiger partial charge in [0.05, 0.1) is 17.0 Å². The summed E-state index contributed by atoms with van der Waals surface area (Å²) in [5, 5.41) is 28.7. The summed E-state index contributed by atoms with van der Waals surface area (Å²) in [6.45, 7) is 0. The van der Waals surface area contributed by atoms with Crippen LogP contribution in [-0.4, -0.2) is 27.3 Å². The molecule has 0 saturated heterocycles. The van der Waals surface area contributed by atoms with Crippen molar-refractivity contribution >= 4 is 34.8 Å². The maximum absolute atomic E-state index is 9.61. The third-order valence-corrected chi connectivity index (χ3v) is 2.72. The van der Waals surface area contributed by atoms with Crippen molar-refractivity contribution < 1.29 is 15.3 Å². The van der Waals surface area contributed by atoms with Crippen LogP contribution in [0, 0.1) is 0 Å². The Hall–Kier alpha value is -0.190. The van der Waals surface area contributed by atoms with E-state index in [-0.39, 0.29) is 27.2 Å². The second-order valence-electron chi connectivity index (χ2n) is 2.99. The second kappa shape index (κ2) is 5.23. The van der Waals surface area contributed by atoms with Crippen LogP contribution in [0.15, 0.2) is 12.1 Å². The molecular formula is C9H9Cl3O3. The van der Waals surface area contributed by atoms with Gasteiger partial charge < -0.3 is 15.3 Å². The highest BCUT2D eigenvalue weighted by Gasteiger charge is 2.22. The molecule has 0 aliphatic carbocycles. The van der Waals surface area contributed by atoms with Gasteiger partial charge in [0.15, 0.2) is 0 Å². The number of benzene rings is 1. The lowest BCUT2D eigenvalue weighted by atomic mass is 10.0. The summed E-state index contributed by atoms with van der Waals surface area (Å²) in [5.74, 6) is -0.470. The molecule has 1 aromatic rings. The molecule has 15 heavy (non-hydrogen) atoms. The predicted molar refractivity (Wildman–Crippen MR) is 59.8 cm³/mol. The molecule has 0 amide bonds. The Balaban J connectivity index is 3.13. The minimum atomic E-state index is -1.32. The number of halogens is 3. The molecule has 3 nitrogen and oxygen atoms in total. The highest BCUT2D eigenvalue weighted by molar-refractivity contribution is 6.35. The average Bonchev–Trinajstić information content (AvgIpc) is 2.21. The third kappa shape index (κ3) is 2.89. The molecule has 0 heterocycles. The van der Waals surface area contributed by atoms with Gasteiger partial charge >= 0.3 is 0 Å². The molecule has 1 rings (SSSR count). The van der Waals surface area contributed by atoms with Crippen LogP contribution in [-0.2, 0) is 0 Å². The molecule has 0 spiro atoms. The van der Waals surface area contributed by atoms with Crippen molar-refractivity contribution in [1.82, 2.24) is 0 Å². The van der Waals surface area contributed by atoms with Crippen molar-refractivity contribution in [3.05, 3.63) is 27.7 Å². The van der Waals surface area contributed by atoms with Crippen LogP contribution in [0.1, 0.15) is 11.7 Å². The van der Waals surface area contributed by atoms with E-state index < -0.39 is 12.2 Å². The van der Waals surface area contributed by atoms with Gasteiger partial charge in [0.2, 0.25) is 0 Å². The molecule has 2 unspecified atom stereocenters. The number of hydrogen-bond donors (Lipinski definition) is 3. The quantitative estimate of drug-likeness (QED) is 0.740. The van der Waals surface area contributed by atoms with Crippen LogP contribution in [0.25, 0.3) is 0 Å². The van der Waals surface area contributed by atoms with E-state index in [4.69, 9.17) is 34.8 Å². The van der Waals surface area contributed by atoms with Crippen LogP contribution in [0.2, 0.25) is 10.0 Å². The van der Waals surface area contributed by atoms with Gasteiger partial charge in [0.25, 0.3) is 0 Å². The zero-order chi connectivity index (χ0) is 11.6. The summed E-state index contributed by atoms with van der Waals surface area (Å²) in [7, 11) is 0. The number of aliphatic hydroxyl groups is 2. The number of aliphatic hydroxyl groups excluding tert-OH is 2. The van der Waals surface area contributed by atoms with E-state index in [1.54, 1.807) is 0 Å². The number of alkyl halides is 1. The Morgan fingerprint density at radius 1 is 1.20 bits per heavy atom. The average molecular weight is 272 g/mol. The summed E-state index contributed by atoms with van der Waals surface area (Å²) in [5.41, 5.74) is 0.0562. The van der Waals surface area contributed by atoms with Crippen LogP contribution < -0.4 is 0 Å². The maximum atomic E-state index is 9.61. The standard InChI is InChI=1S/C9H9Cl3O3/c10-3-7(13)9(15)5-1-4(11)2-6(12)8(5)14/h1-2,7,9,13-15H,3H2. The molecule has 0 saturated carbocycles. The minimum absolute atomic E-state index is 0.0123. The third-order valence-electron chi connectivity index (χ3n) is 1.90. The normalized spacial score (nSPS) is 15.0. The van der Waals surface area contributed by atoms with Crippen LogP contribution >= 0.6 is 34.8 Å². The summed E-state index contributed by atoms with van der Waals surface area (Å²) >= 11 is 16.7. The first-order valence-electron chi connectivity index (χ1n) is 4.07. The molecule has 0 aliphatic rings. The van der Waals surface area contributed by atoms with Gasteiger partial charge in [0.1, 0.15) is 11.9 Å². The molecule has 6 heteroatoms. The van der Waals surface area contributed by atoms with E-state index in [1.807, 2.05) is 0 Å². The fourth-order valence-electron chi connectivity index (χ4n) is 1.10. The van der Waals surface area contributed by atoms with Gasteiger partial charge in [-0.25, -0.2) is 0 Å². The molecule has 0 radical (unpaired) electrons. The molecule has 2 atom stereocenters. The Morgan fingerprint density at radius 3 is 2.33 bits per heavy atom. The number of phenolic OH excluding ortho intramolecular Hbond substituents is 1. The highest BCUT2D eigenvalue weighted by Crippen LogP contribution is 2.35. The van der Waals surface area contributed by atoms with E-state index in [0.29, 0.717) is 0 Å². The predicted octanol–water partition coefficient (Wildman–Crippen LogP) is 2.33. The van der Waals surface area contributed by atoms with Crippen molar-refractivity contribution in [2.75, 3.05) is 5.88 Å². The molecule has 0 aromatic heterocycles. The van der Waals surface area contributed by atoms with Crippen molar-refractivity contribution in [1.29, 1.82) is 0 Å². The molecule has 0 fully saturated rings. The van der Waals surface area contributed by atoms with E-state index in [0.717, 1.165) is 0 Å². The molecule has 0 aliphatic heterocycles. The lowest BCUT2D eigenvalue weighted by molar-refractivity contribution is 0.0312. The van der Waals surface area contributed by atoms with Gasteiger partial charge in [-0.3, -0.25) is 0 Å². The van der Waals surface area contributed by atoms with E-state index in [9.17, 15) is 15.3 Å². The van der Waals surface area contributed by atoms with Crippen molar-refractivity contribution in [2.45, 2.75) is 12.2 Å². The summed E-state index contributed by atoms with van der Waals surface area (Å²) < 4.78 is 0. The minimum Gasteiger partial charge on any atom is -0.506 e. The Kier molecular flexibility index (Phi) is 4.49. The Morgan fingerprint density at radius 2 is 1.80 bits per heavy atom. The molecule has 3 N–H and O–H groups in total. The van der Waals surface area contributed by atoms with Crippen molar-refractivity contribution in [3.8, 4) is 5.75 Å². The van der Waals surface area contributed by atoms with Gasteiger partial charge in [-0.15, -0.1) is 11.6 Å². The monoisotopic (exact) mass is 270 g/mol. The largest absolute Gasteiger partial charge is 0.506 e. The molecule has 0 bridgehead atoms. The molecule has 84 valence electrons. The Bertz CT molecular complexity index is 357. The van der Waals surface area contributed by atoms with Crippen LogP contribution in [0.3, 0.4) is 0 Å². The first-order chi connectivity index (χ1) is 6.97. The zero-order valence-corrected chi connectivity index (χ0v) is 9.76. The van der Waals surface area contributed by atoms with Crippen LogP contribution in [0.4, 0.5) is 0 Å². The lowest BCUT2D eigenvalue weighted by Gasteiger charge is -2.17. The first-order valence-corrected chi connectivity index (χ1v) is 5.36. The first kappa shape index (κ1) is 12.9. The number of aromatic hydroxyl groups is 1. The second-order valence-corrected chi connectivity index (χ2v) is 4.14. The van der Waals surface area contributed by atoms with Gasteiger partial charge in [-0.1, -0.05) is 23.2 Å². The summed E-state index contributed by atoms with van der Waals surface area (Å²) in [4.78, 5) is 0. The SMILES string of the molecule is Oc1c(Cl)cc(Cl)cc1C(O)C(O)CCl. The van der Waals surface area contributed by atoms with Gasteiger partial charge in [0, 0.05) is 10.6 Å². The van der Waals surface area contributed by atoms with Gasteiger partial charge in [-0.05, 0) is 12.1 Å². The van der Waals surface area contributed by atoms with Crippen LogP contribution in [0.5, 0.6) is 5.75 Å². The van der Waals surface area contributed by atoms with E-state index >= 15 is 0 Å². The van der Waals surface area contributed by atoms with E-state index in [1.165, 1.54) is 12.1 Å². The van der Waals surface area contributed by atoms with E-state index in [2.05, 4.69) is 0 Å². The highest BCUT2D eigenvalue weighted by atomic mass is 35.5. The summed E-state index contributed by atoms with van der Waals surface area (Å²) in [6, 6.07) is 2.66. The smallest absolute Gasteiger partial charge is 0.140 e. The van der Waals surface area contributed by atoms with Gasteiger partial charge in [-0.2, -0.15) is 0 Å². The lowest BCUT2D eigenvalue weighted by Crippen LogP contribution is -2.19. The molecular weight excluding hydrogens is 262 g/mol. The Labute approximate surface area is 102 Å². The number of phenols is 1. The summed E-state index contributed by atoms with van der Waals surface area (Å²) in [6.07, 6.45) is -2.51. The fraction of sp³-hybridized carbons (Fsp3) is 0.333. The van der Waals surface area contributed by atoms with Crippen molar-refractivity contribution in [2.24, 2.45) is 0 Å². The van der Waals surface area contributed by atoms with Crippen molar-refractivity contribution in [3.63, 3.8) is 0 Å². The number of hydrogen-bond acceptors (Lipinski definition) is 3. The molecule has 1 aromatic carbocycles. The topological polar surface area (TPSA) is 60.7 Å². The fourth-order valence-corrected chi connectivity index (χ4v) is 1.78. The zero-order valence-electron chi connectivity index (χ0n) is 7.49. The maximum Gasteiger partial charge on any atom is 0.140 e.